The van der Waals surface area contributed by atoms with Crippen molar-refractivity contribution in [1.82, 2.24) is 26.2 Å². The van der Waals surface area contributed by atoms with Crippen molar-refractivity contribution in [3.05, 3.63) is 52.6 Å². The summed E-state index contributed by atoms with van der Waals surface area (Å²) in [5.41, 5.74) is 6.26. The minimum absolute atomic E-state index is 0.0182. The van der Waals surface area contributed by atoms with Crippen LogP contribution in [-0.4, -0.2) is 159 Å². The van der Waals surface area contributed by atoms with Crippen LogP contribution >= 0.6 is 23.5 Å². The highest BCUT2D eigenvalue weighted by molar-refractivity contribution is 8.03. The number of unbranched alkanes of at least 4 members (excludes halogenated alkanes) is 1. The molecular weight excluding hydrogens is 847 g/mol. The van der Waals surface area contributed by atoms with Gasteiger partial charge in [0.05, 0.1) is 25.0 Å². The summed E-state index contributed by atoms with van der Waals surface area (Å²) in [7, 11) is 1.52. The molecule has 0 fully saturated rings. The summed E-state index contributed by atoms with van der Waals surface area (Å²) in [6.45, 7) is 5.75. The molecule has 20 nitrogen and oxygen atoms in total. The molecule has 9 N–H and O–H groups in total. The molecule has 4 amide bonds. The smallest absolute Gasteiger partial charge is 0.333 e. The largest absolute Gasteiger partial charge is 0.504 e. The summed E-state index contributed by atoms with van der Waals surface area (Å²) in [5, 5.41) is 30.0. The van der Waals surface area contributed by atoms with E-state index in [1.165, 1.54) is 62.2 Å². The van der Waals surface area contributed by atoms with Gasteiger partial charge in [-0.15, -0.1) is 11.8 Å². The van der Waals surface area contributed by atoms with Crippen LogP contribution in [0.4, 0.5) is 0 Å². The van der Waals surface area contributed by atoms with Gasteiger partial charge in [0.2, 0.25) is 23.6 Å². The predicted octanol–water partition coefficient (Wildman–Crippen LogP) is -0.0707. The van der Waals surface area contributed by atoms with E-state index in [0.29, 0.717) is 22.9 Å². The molecule has 0 aromatic heterocycles. The van der Waals surface area contributed by atoms with E-state index in [9.17, 15) is 47.4 Å². The average Bonchev–Trinajstić information content (AvgIpc) is 3.19. The number of benzene rings is 1. The Morgan fingerprint density at radius 1 is 0.933 bits per heavy atom. The van der Waals surface area contributed by atoms with Crippen LogP contribution in [0, 0.1) is 0 Å². The summed E-state index contributed by atoms with van der Waals surface area (Å²) in [6.07, 6.45) is 5.90. The van der Waals surface area contributed by atoms with Crippen LogP contribution in [0.15, 0.2) is 52.0 Å². The van der Waals surface area contributed by atoms with Gasteiger partial charge in [-0.25, -0.2) is 9.59 Å². The normalized spacial score (nSPS) is 14.1. The van der Waals surface area contributed by atoms with E-state index in [1.54, 1.807) is 0 Å². The average molecular weight is 902 g/mol. The van der Waals surface area contributed by atoms with Gasteiger partial charge in [-0.1, -0.05) is 6.07 Å². The molecule has 0 saturated carbocycles. The number of phenolic OH excluding ortho intramolecular Hbond substituents is 2. The zero-order valence-electron chi connectivity index (χ0n) is 34.0. The molecule has 0 radical (unpaired) electrons. The minimum Gasteiger partial charge on any atom is -0.504 e. The van der Waals surface area contributed by atoms with E-state index in [-0.39, 0.29) is 48.6 Å². The number of aromatic hydroxyl groups is 2. The van der Waals surface area contributed by atoms with Gasteiger partial charge in [0.1, 0.15) is 24.2 Å². The quantitative estimate of drug-likeness (QED) is 0.0109. The van der Waals surface area contributed by atoms with Crippen LogP contribution in [-0.2, 0) is 48.4 Å². The number of methoxy groups -OCH3 is 2. The molecule has 23 heteroatoms. The highest BCUT2D eigenvalue weighted by atomic mass is 32.2. The molecule has 0 bridgehead atoms. The summed E-state index contributed by atoms with van der Waals surface area (Å²) in [4.78, 5) is 82.7. The molecule has 0 aliphatic carbocycles. The lowest BCUT2D eigenvalue weighted by Crippen LogP contribution is -2.54. The second-order valence-electron chi connectivity index (χ2n) is 13.1. The van der Waals surface area contributed by atoms with Gasteiger partial charge < -0.3 is 51.6 Å². The van der Waals surface area contributed by atoms with Gasteiger partial charge in [-0.05, 0) is 82.9 Å². The lowest BCUT2D eigenvalue weighted by atomic mass is 10.1. The summed E-state index contributed by atoms with van der Waals surface area (Å²) in [6, 6.07) is -1.30. The van der Waals surface area contributed by atoms with Crippen LogP contribution in [0.25, 0.3) is 6.08 Å². The first-order valence-corrected chi connectivity index (χ1v) is 21.9. The van der Waals surface area contributed by atoms with Crippen molar-refractivity contribution in [2.24, 2.45) is 10.7 Å². The number of thioether (sulfide) groups is 2. The monoisotopic (exact) mass is 901 g/mol. The van der Waals surface area contributed by atoms with Crippen LogP contribution < -0.4 is 27.0 Å². The van der Waals surface area contributed by atoms with Crippen LogP contribution in [0.1, 0.15) is 31.7 Å². The van der Waals surface area contributed by atoms with Gasteiger partial charge >= 0.3 is 11.9 Å². The third-order valence-corrected chi connectivity index (χ3v) is 10.8. The molecule has 60 heavy (non-hydrogen) atoms. The van der Waals surface area contributed by atoms with E-state index in [2.05, 4.69) is 37.7 Å². The number of allylic oxidation sites excluding steroid dienone is 2. The first kappa shape index (κ1) is 53.1. The summed E-state index contributed by atoms with van der Waals surface area (Å²) in [5.74, 6) is -5.55. The zero-order chi connectivity index (χ0) is 45.4. The van der Waals surface area contributed by atoms with Crippen molar-refractivity contribution < 1.29 is 61.4 Å². The van der Waals surface area contributed by atoms with Crippen LogP contribution in [0.2, 0.25) is 0 Å². The molecule has 1 aromatic carbocycles. The maximum atomic E-state index is 13.7. The number of phenols is 2. The van der Waals surface area contributed by atoms with E-state index in [0.717, 1.165) is 24.9 Å². The Morgan fingerprint density at radius 3 is 2.22 bits per heavy atom. The molecule has 0 aliphatic heterocycles. The zero-order valence-corrected chi connectivity index (χ0v) is 36.5. The van der Waals surface area contributed by atoms with Gasteiger partial charge in [-0.2, -0.15) is 20.2 Å². The Labute approximate surface area is 358 Å². The fraction of sp³-hybridized carbons (Fsp3) is 0.486. The number of carbonyl (C=O) groups is 6. The molecular formula is C37H55N7O13S3. The van der Waals surface area contributed by atoms with E-state index >= 15 is 0 Å². The fourth-order valence-electron chi connectivity index (χ4n) is 4.65. The molecule has 0 aliphatic rings. The van der Waals surface area contributed by atoms with Crippen molar-refractivity contribution >= 4 is 82.0 Å². The van der Waals surface area contributed by atoms with Crippen LogP contribution in [0.3, 0.4) is 0 Å². The molecule has 0 saturated heterocycles. The van der Waals surface area contributed by atoms with Crippen LogP contribution in [0.5, 0.6) is 11.5 Å². The Balaban J connectivity index is 3.15. The Kier molecular flexibility index (Phi) is 24.5. The van der Waals surface area contributed by atoms with Crippen molar-refractivity contribution in [1.29, 1.82) is 0 Å². The number of nitrogens with two attached hydrogens (primary N) is 1. The first-order chi connectivity index (χ1) is 28.2. The molecule has 1 aromatic rings. The Bertz CT molecular complexity index is 1860. The number of esters is 2. The second kappa shape index (κ2) is 27.7. The molecule has 0 spiro atoms. The van der Waals surface area contributed by atoms with Crippen molar-refractivity contribution in [2.45, 2.75) is 50.4 Å². The molecule has 1 rings (SSSR count). The molecule has 0 heterocycles. The number of nitrogens with zero attached hydrogens (tertiary/aromatic N) is 2. The minimum atomic E-state index is -4.56. The number of rotatable bonds is 27. The predicted molar refractivity (Wildman–Crippen MR) is 230 cm³/mol. The summed E-state index contributed by atoms with van der Waals surface area (Å²) < 4.78 is 41.1. The Hall–Kier alpha value is -4.94. The van der Waals surface area contributed by atoms with E-state index in [4.69, 9.17) is 15.0 Å². The van der Waals surface area contributed by atoms with Gasteiger partial charge in [-0.3, -0.25) is 28.7 Å². The van der Waals surface area contributed by atoms with Gasteiger partial charge in [0.25, 0.3) is 10.1 Å². The van der Waals surface area contributed by atoms with Gasteiger partial charge in [0, 0.05) is 42.0 Å². The van der Waals surface area contributed by atoms with Crippen molar-refractivity contribution in [3.8, 4) is 11.5 Å². The first-order valence-electron chi connectivity index (χ1n) is 18.2. The third-order valence-electron chi connectivity index (χ3n) is 7.94. The molecule has 0 unspecified atom stereocenters. The van der Waals surface area contributed by atoms with Crippen molar-refractivity contribution in [3.63, 3.8) is 0 Å². The number of amides is 4. The van der Waals surface area contributed by atoms with E-state index < -0.39 is 81.4 Å². The number of nitrogens with one attached hydrogen (secondary N) is 4. The maximum absolute atomic E-state index is 13.7. The fourth-order valence-corrected chi connectivity index (χ4v) is 7.20. The molecule has 334 valence electrons. The summed E-state index contributed by atoms with van der Waals surface area (Å²) >= 11 is 2.38. The third kappa shape index (κ3) is 21.9. The highest BCUT2D eigenvalue weighted by Gasteiger charge is 2.29. The number of ether oxygens (including phenoxy) is 2. The molecule has 4 atom stereocenters. The van der Waals surface area contributed by atoms with E-state index in [1.807, 2.05) is 19.0 Å². The van der Waals surface area contributed by atoms with Crippen molar-refractivity contribution in [2.75, 3.05) is 64.4 Å². The topological polar surface area (TPSA) is 305 Å². The Morgan fingerprint density at radius 2 is 1.62 bits per heavy atom. The lowest BCUT2D eigenvalue weighted by Gasteiger charge is -2.22. The van der Waals surface area contributed by atoms with Gasteiger partial charge in [0.15, 0.2) is 11.5 Å². The lowest BCUT2D eigenvalue weighted by molar-refractivity contribution is -0.144. The maximum Gasteiger partial charge on any atom is 0.333 e. The standard InChI is InChI=1S/C37H55N7O13S3/c1-23(36(51)56-5)10-15-32(39-2)59-21-28(37(52)57-6)43-35(50)26(41-31(47)14-12-24-11-13-29(45)30(46)19-24)9-7-8-16-40-34(49)27(20-58-18-17-44(3)4)42-33(48)25(38)22-60(53,54)55/h10-15,19,25-28,45-46H,2,7-9,16-18,20-22,38H2,1,3-6H3,(H,40,49)(H,41,47)(H,42,48)(H,43,50)(H,53,54,55)/b14-12+,23-10+,32-15+/t25-,26-,27-,28-/m0/s1. The SMILES string of the molecule is C=N/C(=C\C=C(/C)C(=O)OC)SC[C@H](NC(=O)[C@H](CCCCNC(=O)[C@H](CSCCN(C)C)NC(=O)[C@@H](N)CS(=O)(=O)O)NC(=O)/C=C/c1ccc(O)c(O)c1)C(=O)OC. The number of hydrogen-bond acceptors (Lipinski definition) is 17. The highest BCUT2D eigenvalue weighted by Crippen LogP contribution is 2.25. The number of carbonyl (C=O) groups excluding carboxylic acids is 6. The number of hydrogen-bond donors (Lipinski definition) is 8. The second-order valence-corrected chi connectivity index (χ2v) is 16.8. The number of aliphatic imine (C=N–C) groups is 1.